The summed E-state index contributed by atoms with van der Waals surface area (Å²) in [5, 5.41) is 3.50. The average Bonchev–Trinajstić information content (AvgIpc) is 2.88. The van der Waals surface area contributed by atoms with E-state index in [1.165, 1.54) is 11.6 Å². The van der Waals surface area contributed by atoms with E-state index in [9.17, 15) is 4.39 Å². The van der Waals surface area contributed by atoms with E-state index >= 15 is 0 Å². The number of hydrogen-bond acceptors (Lipinski definition) is 1. The SMILES string of the molecule is CCNC(c1ccn(Cc2cc(Br)ccc2F)c1)C(C)C. The Hall–Kier alpha value is -1.13. The molecule has 1 atom stereocenters. The van der Waals surface area contributed by atoms with E-state index in [1.54, 1.807) is 6.07 Å². The average molecular weight is 353 g/mol. The van der Waals surface area contributed by atoms with Gasteiger partial charge in [-0.2, -0.15) is 0 Å². The van der Waals surface area contributed by atoms with Gasteiger partial charge in [-0.15, -0.1) is 0 Å². The van der Waals surface area contributed by atoms with Gasteiger partial charge in [0.25, 0.3) is 0 Å². The number of hydrogen-bond donors (Lipinski definition) is 1. The molecule has 2 nitrogen and oxygen atoms in total. The molecule has 1 heterocycles. The fourth-order valence-corrected chi connectivity index (χ4v) is 2.97. The maximum absolute atomic E-state index is 13.8. The molecule has 0 saturated heterocycles. The molecule has 0 aliphatic heterocycles. The van der Waals surface area contributed by atoms with Crippen molar-refractivity contribution in [3.63, 3.8) is 0 Å². The summed E-state index contributed by atoms with van der Waals surface area (Å²) in [5.74, 6) is 0.351. The Morgan fingerprint density at radius 1 is 1.29 bits per heavy atom. The normalized spacial score (nSPS) is 12.9. The third-order valence-corrected chi connectivity index (χ3v) is 4.08. The molecule has 114 valence electrons. The molecule has 0 aliphatic rings. The molecule has 1 aromatic heterocycles. The van der Waals surface area contributed by atoms with Crippen molar-refractivity contribution in [3.8, 4) is 0 Å². The van der Waals surface area contributed by atoms with Crippen LogP contribution in [0.25, 0.3) is 0 Å². The van der Waals surface area contributed by atoms with Crippen LogP contribution in [0.3, 0.4) is 0 Å². The van der Waals surface area contributed by atoms with Crippen molar-refractivity contribution >= 4 is 15.9 Å². The smallest absolute Gasteiger partial charge is 0.128 e. The van der Waals surface area contributed by atoms with E-state index in [1.807, 2.05) is 16.8 Å². The summed E-state index contributed by atoms with van der Waals surface area (Å²) >= 11 is 3.39. The van der Waals surface area contributed by atoms with Gasteiger partial charge in [0, 0.05) is 35.0 Å². The van der Waals surface area contributed by atoms with E-state index in [4.69, 9.17) is 0 Å². The molecule has 2 aromatic rings. The van der Waals surface area contributed by atoms with Crippen LogP contribution < -0.4 is 5.32 Å². The van der Waals surface area contributed by atoms with Gasteiger partial charge < -0.3 is 9.88 Å². The zero-order chi connectivity index (χ0) is 15.4. The lowest BCUT2D eigenvalue weighted by molar-refractivity contribution is 0.421. The highest BCUT2D eigenvalue weighted by molar-refractivity contribution is 9.10. The van der Waals surface area contributed by atoms with Crippen molar-refractivity contribution in [2.24, 2.45) is 5.92 Å². The number of nitrogens with one attached hydrogen (secondary N) is 1. The van der Waals surface area contributed by atoms with Crippen LogP contribution in [0.15, 0.2) is 41.1 Å². The molecular formula is C17H22BrFN2. The van der Waals surface area contributed by atoms with E-state index in [0.29, 0.717) is 24.1 Å². The van der Waals surface area contributed by atoms with Gasteiger partial charge in [0.1, 0.15) is 5.82 Å². The Labute approximate surface area is 134 Å². The number of nitrogens with zero attached hydrogens (tertiary/aromatic N) is 1. The zero-order valence-corrected chi connectivity index (χ0v) is 14.3. The lowest BCUT2D eigenvalue weighted by Crippen LogP contribution is -2.25. The molecule has 1 aromatic carbocycles. The Morgan fingerprint density at radius 2 is 2.05 bits per heavy atom. The molecule has 0 amide bonds. The topological polar surface area (TPSA) is 17.0 Å². The van der Waals surface area contributed by atoms with Gasteiger partial charge >= 0.3 is 0 Å². The van der Waals surface area contributed by atoms with Gasteiger partial charge in [0.2, 0.25) is 0 Å². The zero-order valence-electron chi connectivity index (χ0n) is 12.7. The summed E-state index contributed by atoms with van der Waals surface area (Å²) in [5.41, 5.74) is 1.94. The minimum atomic E-state index is -0.166. The first-order chi connectivity index (χ1) is 10.0. The number of benzene rings is 1. The van der Waals surface area contributed by atoms with E-state index in [2.05, 4.69) is 54.3 Å². The minimum absolute atomic E-state index is 0.166. The summed E-state index contributed by atoms with van der Waals surface area (Å²) < 4.78 is 16.8. The van der Waals surface area contributed by atoms with Crippen LogP contribution in [0.1, 0.15) is 37.9 Å². The molecule has 21 heavy (non-hydrogen) atoms. The molecule has 0 bridgehead atoms. The highest BCUT2D eigenvalue weighted by atomic mass is 79.9. The van der Waals surface area contributed by atoms with Gasteiger partial charge in [-0.05, 0) is 42.3 Å². The van der Waals surface area contributed by atoms with Crippen LogP contribution in [0.2, 0.25) is 0 Å². The second-order valence-corrected chi connectivity index (χ2v) is 6.55. The Morgan fingerprint density at radius 3 is 2.71 bits per heavy atom. The lowest BCUT2D eigenvalue weighted by Gasteiger charge is -2.20. The molecule has 1 unspecified atom stereocenters. The van der Waals surface area contributed by atoms with Crippen molar-refractivity contribution < 1.29 is 4.39 Å². The summed E-state index contributed by atoms with van der Waals surface area (Å²) in [6.07, 6.45) is 4.12. The Kier molecular flexibility index (Phi) is 5.59. The molecular weight excluding hydrogens is 331 g/mol. The first-order valence-corrected chi connectivity index (χ1v) is 8.13. The molecule has 1 N–H and O–H groups in total. The van der Waals surface area contributed by atoms with E-state index in [-0.39, 0.29) is 5.82 Å². The highest BCUT2D eigenvalue weighted by Gasteiger charge is 2.15. The first-order valence-electron chi connectivity index (χ1n) is 7.34. The van der Waals surface area contributed by atoms with Crippen molar-refractivity contribution in [2.75, 3.05) is 6.54 Å². The third kappa shape index (κ3) is 4.17. The van der Waals surface area contributed by atoms with Crippen LogP contribution >= 0.6 is 15.9 Å². The van der Waals surface area contributed by atoms with Gasteiger partial charge in [-0.3, -0.25) is 0 Å². The Bertz CT molecular complexity index is 592. The molecule has 0 spiro atoms. The molecule has 0 fully saturated rings. The highest BCUT2D eigenvalue weighted by Crippen LogP contribution is 2.23. The van der Waals surface area contributed by atoms with Crippen LogP contribution in [-0.2, 0) is 6.54 Å². The molecule has 4 heteroatoms. The Balaban J connectivity index is 2.17. The quantitative estimate of drug-likeness (QED) is 0.793. The predicted octanol–water partition coefficient (Wildman–Crippen LogP) is 4.74. The molecule has 2 rings (SSSR count). The fourth-order valence-electron chi connectivity index (χ4n) is 2.56. The van der Waals surface area contributed by atoms with Crippen LogP contribution in [-0.4, -0.2) is 11.1 Å². The maximum Gasteiger partial charge on any atom is 0.128 e. The molecule has 0 saturated carbocycles. The van der Waals surface area contributed by atoms with E-state index < -0.39 is 0 Å². The largest absolute Gasteiger partial charge is 0.349 e. The summed E-state index contributed by atoms with van der Waals surface area (Å²) in [6.45, 7) is 8.01. The fraction of sp³-hybridized carbons (Fsp3) is 0.412. The predicted molar refractivity (Wildman–Crippen MR) is 88.9 cm³/mol. The van der Waals surface area contributed by atoms with Gasteiger partial charge in [0.15, 0.2) is 0 Å². The number of rotatable bonds is 6. The van der Waals surface area contributed by atoms with Gasteiger partial charge in [0.05, 0.1) is 0 Å². The van der Waals surface area contributed by atoms with Crippen molar-refractivity contribution in [2.45, 2.75) is 33.4 Å². The second kappa shape index (κ2) is 7.23. The first kappa shape index (κ1) is 16.2. The van der Waals surface area contributed by atoms with Crippen LogP contribution in [0, 0.1) is 11.7 Å². The van der Waals surface area contributed by atoms with Crippen molar-refractivity contribution in [3.05, 3.63) is 58.1 Å². The summed E-state index contributed by atoms with van der Waals surface area (Å²) in [7, 11) is 0. The second-order valence-electron chi connectivity index (χ2n) is 5.63. The van der Waals surface area contributed by atoms with Gasteiger partial charge in [-0.25, -0.2) is 4.39 Å². The van der Waals surface area contributed by atoms with E-state index in [0.717, 1.165) is 11.0 Å². The molecule has 0 radical (unpaired) electrons. The minimum Gasteiger partial charge on any atom is -0.349 e. The summed E-state index contributed by atoms with van der Waals surface area (Å²) in [6, 6.07) is 7.51. The number of aromatic nitrogens is 1. The lowest BCUT2D eigenvalue weighted by atomic mass is 9.98. The summed E-state index contributed by atoms with van der Waals surface area (Å²) in [4.78, 5) is 0. The monoisotopic (exact) mass is 352 g/mol. The van der Waals surface area contributed by atoms with Gasteiger partial charge in [-0.1, -0.05) is 36.7 Å². The third-order valence-electron chi connectivity index (χ3n) is 3.58. The number of halogens is 2. The van der Waals surface area contributed by atoms with Crippen molar-refractivity contribution in [1.82, 2.24) is 9.88 Å². The standard InChI is InChI=1S/C17H22BrFN2/c1-4-20-17(12(2)3)13-7-8-21(10-13)11-14-9-15(18)5-6-16(14)19/h5-10,12,17,20H,4,11H2,1-3H3. The van der Waals surface area contributed by atoms with Crippen LogP contribution in [0.4, 0.5) is 4.39 Å². The maximum atomic E-state index is 13.8. The molecule has 0 aliphatic carbocycles. The van der Waals surface area contributed by atoms with Crippen molar-refractivity contribution in [1.29, 1.82) is 0 Å². The van der Waals surface area contributed by atoms with Crippen LogP contribution in [0.5, 0.6) is 0 Å².